The van der Waals surface area contributed by atoms with Crippen LogP contribution in [-0.4, -0.2) is 49.5 Å². The second-order valence-corrected chi connectivity index (χ2v) is 8.94. The first-order chi connectivity index (χ1) is 16.7. The van der Waals surface area contributed by atoms with Gasteiger partial charge in [0.1, 0.15) is 11.9 Å². The molecule has 2 heterocycles. The zero-order chi connectivity index (χ0) is 25.1. The number of hydrogen-bond donors (Lipinski definition) is 1. The Balaban J connectivity index is 1.46. The molecule has 1 aliphatic heterocycles. The molecule has 0 radical (unpaired) electrons. The number of aromatic nitrogens is 2. The third-order valence-corrected chi connectivity index (χ3v) is 6.11. The first kappa shape index (κ1) is 24.4. The quantitative estimate of drug-likeness (QED) is 0.475. The van der Waals surface area contributed by atoms with E-state index in [1.165, 1.54) is 24.2 Å². The summed E-state index contributed by atoms with van der Waals surface area (Å²) in [6, 6.07) is 11.3. The molecular formula is C23H23FN5O5S-. The Morgan fingerprint density at radius 2 is 2.06 bits per heavy atom. The largest absolute Gasteiger partial charge is 0.755 e. The number of rotatable bonds is 8. The number of carbonyl (C=O) groups excluding carboxylic acids is 2. The molecule has 12 heteroatoms. The molecule has 1 aliphatic rings. The fourth-order valence-corrected chi connectivity index (χ4v) is 4.20. The highest BCUT2D eigenvalue weighted by Gasteiger charge is 2.32. The highest BCUT2D eigenvalue weighted by Crippen LogP contribution is 2.29. The van der Waals surface area contributed by atoms with Crippen LogP contribution in [0.2, 0.25) is 0 Å². The lowest BCUT2D eigenvalue weighted by Gasteiger charge is -2.24. The maximum atomic E-state index is 15.0. The van der Waals surface area contributed by atoms with Crippen molar-refractivity contribution < 1.29 is 27.5 Å². The van der Waals surface area contributed by atoms with Crippen molar-refractivity contribution in [3.8, 4) is 11.1 Å². The number of anilines is 2. The molecule has 1 saturated heterocycles. The Labute approximate surface area is 203 Å². The number of cyclic esters (lactones) is 1. The minimum absolute atomic E-state index is 0.0749. The molecule has 35 heavy (non-hydrogen) atoms. The molecule has 2 unspecified atom stereocenters. The molecule has 1 N–H and O–H groups in total. The van der Waals surface area contributed by atoms with Crippen molar-refractivity contribution in [3.63, 3.8) is 0 Å². The van der Waals surface area contributed by atoms with Gasteiger partial charge in [-0.3, -0.25) is 18.2 Å². The summed E-state index contributed by atoms with van der Waals surface area (Å²) in [6.07, 6.45) is 1.98. The van der Waals surface area contributed by atoms with Crippen LogP contribution in [0.3, 0.4) is 0 Å². The van der Waals surface area contributed by atoms with Crippen LogP contribution in [0.25, 0.3) is 11.1 Å². The average Bonchev–Trinajstić information content (AvgIpc) is 3.41. The van der Waals surface area contributed by atoms with Crippen molar-refractivity contribution in [1.29, 1.82) is 0 Å². The van der Waals surface area contributed by atoms with E-state index in [4.69, 9.17) is 4.74 Å². The third kappa shape index (κ3) is 5.66. The molecule has 1 aromatic heterocycles. The molecule has 0 saturated carbocycles. The number of benzene rings is 2. The first-order valence-electron chi connectivity index (χ1n) is 10.7. The van der Waals surface area contributed by atoms with E-state index >= 15 is 0 Å². The average molecular weight is 501 g/mol. The van der Waals surface area contributed by atoms with Crippen LogP contribution >= 0.6 is 0 Å². The maximum absolute atomic E-state index is 15.0. The molecule has 184 valence electrons. The lowest BCUT2D eigenvalue weighted by molar-refractivity contribution is -0.119. The Hall–Kier alpha value is -3.77. The van der Waals surface area contributed by atoms with Gasteiger partial charge in [0, 0.05) is 37.0 Å². The van der Waals surface area contributed by atoms with E-state index in [0.717, 1.165) is 4.31 Å². The minimum atomic E-state index is -2.52. The van der Waals surface area contributed by atoms with Crippen LogP contribution in [0, 0.1) is 5.82 Å². The number of nitrogens with zero attached hydrogens (tertiary/aromatic N) is 4. The molecule has 0 spiro atoms. The summed E-state index contributed by atoms with van der Waals surface area (Å²) in [4.78, 5) is 28.6. The summed E-state index contributed by atoms with van der Waals surface area (Å²) in [5, 5.41) is 2.60. The van der Waals surface area contributed by atoms with Gasteiger partial charge in [0.15, 0.2) is 5.82 Å². The van der Waals surface area contributed by atoms with Crippen LogP contribution in [-0.2, 0) is 34.4 Å². The number of hydrogen-bond acceptors (Lipinski definition) is 6. The zero-order valence-corrected chi connectivity index (χ0v) is 19.8. The van der Waals surface area contributed by atoms with Crippen LogP contribution in [0.5, 0.6) is 0 Å². The second-order valence-electron chi connectivity index (χ2n) is 8.07. The summed E-state index contributed by atoms with van der Waals surface area (Å²) in [5.74, 6) is -0.456. The molecule has 1 fully saturated rings. The number of carbonyl (C=O) groups is 2. The fourth-order valence-electron chi connectivity index (χ4n) is 3.70. The maximum Gasteiger partial charge on any atom is 0.414 e. The van der Waals surface area contributed by atoms with E-state index in [0.29, 0.717) is 28.2 Å². The van der Waals surface area contributed by atoms with Crippen molar-refractivity contribution in [2.45, 2.75) is 19.6 Å². The van der Waals surface area contributed by atoms with Crippen LogP contribution in [0.1, 0.15) is 12.5 Å². The molecule has 0 bridgehead atoms. The first-order valence-corrected chi connectivity index (χ1v) is 11.7. The van der Waals surface area contributed by atoms with Gasteiger partial charge >= 0.3 is 6.09 Å². The summed E-state index contributed by atoms with van der Waals surface area (Å²) in [5.41, 5.74) is 1.97. The number of aryl methyl sites for hydroxylation is 1. The Morgan fingerprint density at radius 1 is 1.31 bits per heavy atom. The molecule has 0 aliphatic carbocycles. The van der Waals surface area contributed by atoms with Gasteiger partial charge < -0.3 is 19.2 Å². The van der Waals surface area contributed by atoms with E-state index in [1.807, 2.05) is 0 Å². The predicted octanol–water partition coefficient (Wildman–Crippen LogP) is 2.49. The molecule has 3 aromatic rings. The van der Waals surface area contributed by atoms with E-state index in [1.54, 1.807) is 54.2 Å². The highest BCUT2D eigenvalue weighted by molar-refractivity contribution is 7.80. The van der Waals surface area contributed by atoms with Gasteiger partial charge in [-0.15, -0.1) is 0 Å². The van der Waals surface area contributed by atoms with E-state index < -0.39 is 29.3 Å². The summed E-state index contributed by atoms with van der Waals surface area (Å²) in [6.45, 7) is 1.82. The zero-order valence-electron chi connectivity index (χ0n) is 19.0. The van der Waals surface area contributed by atoms with Crippen molar-refractivity contribution >= 4 is 34.8 Å². The Morgan fingerprint density at radius 3 is 2.66 bits per heavy atom. The number of halogens is 1. The van der Waals surface area contributed by atoms with Gasteiger partial charge in [0.2, 0.25) is 5.91 Å². The van der Waals surface area contributed by atoms with Crippen molar-refractivity contribution in [2.75, 3.05) is 22.3 Å². The van der Waals surface area contributed by atoms with E-state index in [9.17, 15) is 22.7 Å². The standard InChI is InChI=1S/C23H24FN5O5S/c1-15(30)25-10-19-12-28(23(31)34-19)18-7-8-20(21(24)9-18)17-5-3-16(4-6-17)11-29(35(32)33)22-13-27(2)14-26-22/h3-9,13-14,19H,10-12H2,1-2H3,(H,25,30)(H,32,33)/p-1. The number of imidazole rings is 1. The van der Waals surface area contributed by atoms with Crippen molar-refractivity contribution in [3.05, 3.63) is 66.4 Å². The summed E-state index contributed by atoms with van der Waals surface area (Å²) < 4.78 is 46.3. The predicted molar refractivity (Wildman–Crippen MR) is 126 cm³/mol. The van der Waals surface area contributed by atoms with E-state index in [2.05, 4.69) is 10.3 Å². The monoisotopic (exact) mass is 500 g/mol. The fraction of sp³-hybridized carbons (Fsp3) is 0.261. The normalized spacial score (nSPS) is 16.2. The van der Waals surface area contributed by atoms with Crippen LogP contribution in [0.15, 0.2) is 55.0 Å². The summed E-state index contributed by atoms with van der Waals surface area (Å²) >= 11 is -2.52. The molecule has 10 nitrogen and oxygen atoms in total. The lowest BCUT2D eigenvalue weighted by atomic mass is 10.0. The van der Waals surface area contributed by atoms with Crippen LogP contribution in [0.4, 0.5) is 20.7 Å². The highest BCUT2D eigenvalue weighted by atomic mass is 32.2. The van der Waals surface area contributed by atoms with Gasteiger partial charge in [-0.1, -0.05) is 24.3 Å². The Bertz CT molecular complexity index is 1270. The molecular weight excluding hydrogens is 477 g/mol. The van der Waals surface area contributed by atoms with Gasteiger partial charge in [-0.2, -0.15) is 0 Å². The van der Waals surface area contributed by atoms with Crippen LogP contribution < -0.4 is 14.5 Å². The third-order valence-electron chi connectivity index (χ3n) is 5.43. The van der Waals surface area contributed by atoms with Gasteiger partial charge in [0.05, 0.1) is 31.6 Å². The molecule has 4 rings (SSSR count). The number of amides is 2. The number of ether oxygens (including phenoxy) is 1. The van der Waals surface area contributed by atoms with Crippen molar-refractivity contribution in [2.24, 2.45) is 7.05 Å². The lowest BCUT2D eigenvalue weighted by Crippen LogP contribution is -2.33. The van der Waals surface area contributed by atoms with Gasteiger partial charge in [-0.25, -0.2) is 14.2 Å². The molecule has 2 aromatic carbocycles. The van der Waals surface area contributed by atoms with Crippen molar-refractivity contribution in [1.82, 2.24) is 14.9 Å². The SMILES string of the molecule is CC(=O)NCC1CN(c2ccc(-c3ccc(CN(c4cn(C)cn4)S(=O)[O-])cc3)c(F)c2)C(=O)O1. The smallest absolute Gasteiger partial charge is 0.414 e. The summed E-state index contributed by atoms with van der Waals surface area (Å²) in [7, 11) is 1.74. The second kappa shape index (κ2) is 10.2. The van der Waals surface area contributed by atoms with E-state index in [-0.39, 0.29) is 25.5 Å². The topological polar surface area (TPSA) is 120 Å². The number of nitrogens with one attached hydrogen (secondary N) is 1. The molecule has 2 atom stereocenters. The minimum Gasteiger partial charge on any atom is -0.755 e. The molecule has 2 amide bonds. The van der Waals surface area contributed by atoms with Gasteiger partial charge in [0.25, 0.3) is 0 Å². The Kier molecular flexibility index (Phi) is 7.12. The van der Waals surface area contributed by atoms with Gasteiger partial charge in [-0.05, 0) is 29.3 Å².